The summed E-state index contributed by atoms with van der Waals surface area (Å²) >= 11 is -0.826. The van der Waals surface area contributed by atoms with Crippen molar-refractivity contribution in [2.45, 2.75) is 39.2 Å². The van der Waals surface area contributed by atoms with E-state index in [4.69, 9.17) is 22.0 Å². The average molecular weight is 546 g/mol. The summed E-state index contributed by atoms with van der Waals surface area (Å²) in [5.74, 6) is 1.58. The fraction of sp³-hybridized carbons (Fsp3) is 0.296. The van der Waals surface area contributed by atoms with Crippen LogP contribution in [0.15, 0.2) is 77.8 Å². The van der Waals surface area contributed by atoms with Gasteiger partial charge in [0.15, 0.2) is 0 Å². The van der Waals surface area contributed by atoms with Crippen LogP contribution in [0.5, 0.6) is 5.75 Å². The van der Waals surface area contributed by atoms with Gasteiger partial charge in [-0.15, -0.1) is 0 Å². The molecule has 2 nitrogen and oxygen atoms in total. The molecule has 1 aliphatic carbocycles. The standard InChI is InChI=1S/C27H29NO.2ClH.Zr/c1-19-10-9-15-26(20(19)2)28-18-24-16-23(21-11-5-3-6-12-21)17-25(27(24)29)22-13-7-4-8-14-22;;;/h3-8,11-14,16-20,26,29H,9-10,15H2,1-2H3;2*1H;/q;;;+2/p-2. The van der Waals surface area contributed by atoms with Crippen LogP contribution in [-0.4, -0.2) is 17.4 Å². The zero-order chi connectivity index (χ0) is 22.9. The van der Waals surface area contributed by atoms with Gasteiger partial charge in [0, 0.05) is 17.3 Å². The second-order valence-corrected chi connectivity index (χ2v) is 12.1. The summed E-state index contributed by atoms with van der Waals surface area (Å²) in [4.78, 5) is 4.93. The Labute approximate surface area is 210 Å². The maximum absolute atomic E-state index is 11.1. The van der Waals surface area contributed by atoms with Gasteiger partial charge in [0.2, 0.25) is 0 Å². The summed E-state index contributed by atoms with van der Waals surface area (Å²) in [6.07, 6.45) is 5.55. The van der Waals surface area contributed by atoms with E-state index in [0.29, 0.717) is 23.6 Å². The van der Waals surface area contributed by atoms with E-state index in [1.54, 1.807) is 0 Å². The third-order valence-electron chi connectivity index (χ3n) is 6.40. The first-order valence-corrected chi connectivity index (χ1v) is 17.4. The Bertz CT molecular complexity index is 1010. The maximum atomic E-state index is 11.1. The molecule has 0 radical (unpaired) electrons. The molecule has 0 aliphatic heterocycles. The predicted octanol–water partition coefficient (Wildman–Crippen LogP) is 8.35. The Kier molecular flexibility index (Phi) is 10.0. The van der Waals surface area contributed by atoms with Gasteiger partial charge in [-0.2, -0.15) is 0 Å². The molecule has 0 aromatic heterocycles. The van der Waals surface area contributed by atoms with Crippen molar-refractivity contribution in [2.24, 2.45) is 16.8 Å². The van der Waals surface area contributed by atoms with E-state index >= 15 is 0 Å². The van der Waals surface area contributed by atoms with Crippen LogP contribution in [0.3, 0.4) is 0 Å². The van der Waals surface area contributed by atoms with E-state index in [1.807, 2.05) is 54.7 Å². The average Bonchev–Trinajstić information content (AvgIpc) is 2.82. The molecular weight excluding hydrogens is 516 g/mol. The summed E-state index contributed by atoms with van der Waals surface area (Å²) in [6.45, 7) is 4.63. The summed E-state index contributed by atoms with van der Waals surface area (Å²) in [7, 11) is 9.87. The molecule has 1 saturated carbocycles. The number of benzene rings is 3. The third kappa shape index (κ3) is 6.56. The number of nitrogens with zero attached hydrogens (tertiary/aromatic N) is 1. The molecule has 1 N–H and O–H groups in total. The van der Waals surface area contributed by atoms with E-state index in [-0.39, 0.29) is 0 Å². The van der Waals surface area contributed by atoms with Gasteiger partial charge in [-0.1, -0.05) is 87.4 Å². The van der Waals surface area contributed by atoms with Gasteiger partial charge in [0.05, 0.1) is 6.04 Å². The monoisotopic (exact) mass is 543 g/mol. The first-order chi connectivity index (χ1) is 15.5. The van der Waals surface area contributed by atoms with Gasteiger partial charge in [-0.25, -0.2) is 0 Å². The van der Waals surface area contributed by atoms with Crippen LogP contribution in [0.4, 0.5) is 0 Å². The van der Waals surface area contributed by atoms with Gasteiger partial charge in [0.25, 0.3) is 0 Å². The van der Waals surface area contributed by atoms with Gasteiger partial charge >= 0.3 is 37.9 Å². The van der Waals surface area contributed by atoms with Crippen LogP contribution in [0.1, 0.15) is 38.7 Å². The minimum absolute atomic E-state index is 0.302. The summed E-state index contributed by atoms with van der Waals surface area (Å²) in [5, 5.41) is 11.1. The van der Waals surface area contributed by atoms with Gasteiger partial charge in [-0.05, 0) is 47.1 Å². The molecule has 3 aromatic rings. The molecule has 1 fully saturated rings. The Morgan fingerprint density at radius 3 is 2.09 bits per heavy atom. The van der Waals surface area contributed by atoms with Crippen molar-refractivity contribution in [1.82, 2.24) is 0 Å². The summed E-state index contributed by atoms with van der Waals surface area (Å²) in [6, 6.07) is 24.9. The molecule has 3 aromatic carbocycles. The molecule has 3 atom stereocenters. The van der Waals surface area contributed by atoms with Gasteiger partial charge in [-0.3, -0.25) is 4.99 Å². The van der Waals surface area contributed by atoms with Crippen LogP contribution in [0.25, 0.3) is 22.3 Å². The molecule has 166 valence electrons. The van der Waals surface area contributed by atoms with Crippen molar-refractivity contribution < 1.29 is 26.0 Å². The van der Waals surface area contributed by atoms with Crippen molar-refractivity contribution >= 4 is 23.2 Å². The van der Waals surface area contributed by atoms with E-state index in [2.05, 4.69) is 38.1 Å². The Morgan fingerprint density at radius 2 is 1.47 bits per heavy atom. The van der Waals surface area contributed by atoms with Crippen LogP contribution >= 0.6 is 17.0 Å². The Balaban J connectivity index is 0.000000913. The topological polar surface area (TPSA) is 32.6 Å². The normalized spacial score (nSPS) is 20.4. The van der Waals surface area contributed by atoms with E-state index in [0.717, 1.165) is 34.2 Å². The molecule has 32 heavy (non-hydrogen) atoms. The molecule has 0 spiro atoms. The van der Waals surface area contributed by atoms with Crippen LogP contribution in [-0.2, 0) is 20.8 Å². The first-order valence-electron chi connectivity index (χ1n) is 11.0. The molecular formula is C27H29Cl2NOZr. The molecule has 0 bridgehead atoms. The van der Waals surface area contributed by atoms with Crippen molar-refractivity contribution in [3.8, 4) is 28.0 Å². The zero-order valence-electron chi connectivity index (χ0n) is 18.5. The SMILES string of the molecule is CC1CCCC(N=Cc2cc(-c3ccccc3)cc(-c3ccccc3)c2O)C1C.[Cl][Zr][Cl]. The van der Waals surface area contributed by atoms with E-state index < -0.39 is 20.8 Å². The van der Waals surface area contributed by atoms with Crippen molar-refractivity contribution in [2.75, 3.05) is 0 Å². The molecule has 3 unspecified atom stereocenters. The third-order valence-corrected chi connectivity index (χ3v) is 6.40. The quantitative estimate of drug-likeness (QED) is 0.328. The molecule has 0 amide bonds. The fourth-order valence-corrected chi connectivity index (χ4v) is 4.33. The van der Waals surface area contributed by atoms with Crippen LogP contribution in [0, 0.1) is 11.8 Å². The molecule has 4 rings (SSSR count). The van der Waals surface area contributed by atoms with Gasteiger partial charge in [0.1, 0.15) is 5.75 Å². The minimum atomic E-state index is -0.826. The molecule has 1 aliphatic rings. The van der Waals surface area contributed by atoms with Crippen LogP contribution in [0.2, 0.25) is 0 Å². The van der Waals surface area contributed by atoms with E-state index in [1.165, 1.54) is 12.8 Å². The molecule has 0 saturated heterocycles. The number of aliphatic imine (C=N–C) groups is 1. The summed E-state index contributed by atoms with van der Waals surface area (Å²) < 4.78 is 0. The van der Waals surface area contributed by atoms with Crippen molar-refractivity contribution in [3.63, 3.8) is 0 Å². The molecule has 5 heteroatoms. The number of halogens is 2. The second kappa shape index (κ2) is 12.7. The predicted molar refractivity (Wildman–Crippen MR) is 134 cm³/mol. The summed E-state index contributed by atoms with van der Waals surface area (Å²) in [5.41, 5.74) is 4.87. The Hall–Kier alpha value is -1.41. The zero-order valence-corrected chi connectivity index (χ0v) is 22.5. The number of hydrogen-bond donors (Lipinski definition) is 1. The van der Waals surface area contributed by atoms with E-state index in [9.17, 15) is 5.11 Å². The fourth-order valence-electron chi connectivity index (χ4n) is 4.33. The van der Waals surface area contributed by atoms with Crippen molar-refractivity contribution in [3.05, 3.63) is 78.4 Å². The Morgan fingerprint density at radius 1 is 0.875 bits per heavy atom. The second-order valence-electron chi connectivity index (χ2n) is 8.38. The number of hydrogen-bond acceptors (Lipinski definition) is 2. The number of aromatic hydroxyl groups is 1. The number of rotatable bonds is 4. The van der Waals surface area contributed by atoms with Crippen LogP contribution < -0.4 is 0 Å². The molecule has 0 heterocycles. The van der Waals surface area contributed by atoms with Crippen molar-refractivity contribution in [1.29, 1.82) is 0 Å². The first kappa shape index (κ1) is 25.2. The number of phenolic OH excluding ortho intramolecular Hbond substituents is 1. The van der Waals surface area contributed by atoms with Gasteiger partial charge < -0.3 is 5.11 Å². The number of phenols is 1.